The molecule has 0 aromatic heterocycles. The van der Waals surface area contributed by atoms with Crippen molar-refractivity contribution in [2.45, 2.75) is 19.1 Å². The lowest BCUT2D eigenvalue weighted by Crippen LogP contribution is -2.46. The fourth-order valence-corrected chi connectivity index (χ4v) is 3.00. The van der Waals surface area contributed by atoms with Crippen molar-refractivity contribution in [1.29, 1.82) is 0 Å². The molecule has 0 unspecified atom stereocenters. The number of anilines is 1. The summed E-state index contributed by atoms with van der Waals surface area (Å²) >= 11 is 12.1. The number of para-hydroxylation sites is 2. The number of halogens is 2. The van der Waals surface area contributed by atoms with E-state index in [-0.39, 0.29) is 18.1 Å². The third-order valence-electron chi connectivity index (χ3n) is 4.29. The van der Waals surface area contributed by atoms with Crippen molar-refractivity contribution in [1.82, 2.24) is 4.90 Å². The summed E-state index contributed by atoms with van der Waals surface area (Å²) in [5.41, 5.74) is 0.496. The molecule has 7 heteroatoms. The zero-order valence-electron chi connectivity index (χ0n) is 14.5. The summed E-state index contributed by atoms with van der Waals surface area (Å²) in [6.45, 7) is 2.81. The van der Waals surface area contributed by atoms with Crippen LogP contribution in [0.15, 0.2) is 42.5 Å². The van der Waals surface area contributed by atoms with Crippen LogP contribution in [-0.2, 0) is 4.79 Å². The Morgan fingerprint density at radius 2 is 2.00 bits per heavy atom. The van der Waals surface area contributed by atoms with Crippen molar-refractivity contribution in [2.75, 3.05) is 25.5 Å². The molecule has 26 heavy (non-hydrogen) atoms. The molecule has 0 saturated heterocycles. The lowest BCUT2D eigenvalue weighted by atomic mass is 10.2. The van der Waals surface area contributed by atoms with E-state index in [9.17, 15) is 4.79 Å². The normalized spacial score (nSPS) is 17.0. The van der Waals surface area contributed by atoms with E-state index in [2.05, 4.69) is 5.32 Å². The first-order valence-corrected chi connectivity index (χ1v) is 9.04. The number of amides is 1. The number of ether oxygens (including phenoxy) is 2. The number of hydrogen-bond donors (Lipinski definition) is 1. The molecule has 0 fully saturated rings. The number of hydrogen-bond acceptors (Lipinski definition) is 4. The van der Waals surface area contributed by atoms with Crippen molar-refractivity contribution in [3.05, 3.63) is 52.5 Å². The molecule has 0 radical (unpaired) electrons. The van der Waals surface area contributed by atoms with Crippen LogP contribution in [0.25, 0.3) is 0 Å². The predicted molar refractivity (Wildman–Crippen MR) is 104 cm³/mol. The van der Waals surface area contributed by atoms with Crippen molar-refractivity contribution in [2.24, 2.45) is 0 Å². The second kappa shape index (κ2) is 8.16. The summed E-state index contributed by atoms with van der Waals surface area (Å²) in [7, 11) is 1.87. The molecule has 1 amide bonds. The van der Waals surface area contributed by atoms with Crippen molar-refractivity contribution in [3.8, 4) is 11.5 Å². The number of likely N-dealkylation sites (N-methyl/N-ethyl adjacent to an activating group) is 1. The van der Waals surface area contributed by atoms with Gasteiger partial charge in [-0.1, -0.05) is 35.3 Å². The molecule has 138 valence electrons. The molecule has 0 spiro atoms. The van der Waals surface area contributed by atoms with Gasteiger partial charge in [-0.3, -0.25) is 9.69 Å². The van der Waals surface area contributed by atoms with Crippen molar-refractivity contribution >= 4 is 34.8 Å². The lowest BCUT2D eigenvalue weighted by Gasteiger charge is -2.31. The predicted octanol–water partition coefficient (Wildman–Crippen LogP) is 4.09. The topological polar surface area (TPSA) is 50.8 Å². The number of fused-ring (bicyclic) bond motifs is 1. The van der Waals surface area contributed by atoms with Gasteiger partial charge in [0.25, 0.3) is 0 Å². The van der Waals surface area contributed by atoms with E-state index in [1.807, 2.05) is 43.1 Å². The van der Waals surface area contributed by atoms with E-state index in [1.54, 1.807) is 18.2 Å². The minimum atomic E-state index is -0.384. The molecule has 5 nitrogen and oxygen atoms in total. The van der Waals surface area contributed by atoms with E-state index in [4.69, 9.17) is 32.7 Å². The van der Waals surface area contributed by atoms with Gasteiger partial charge in [-0.25, -0.2) is 0 Å². The smallest absolute Gasteiger partial charge is 0.241 e. The van der Waals surface area contributed by atoms with Gasteiger partial charge in [0.2, 0.25) is 5.91 Å². The number of carbonyl (C=O) groups is 1. The van der Waals surface area contributed by atoms with E-state index in [0.29, 0.717) is 28.9 Å². The molecule has 1 aliphatic rings. The lowest BCUT2D eigenvalue weighted by molar-refractivity contribution is -0.120. The highest BCUT2D eigenvalue weighted by atomic mass is 35.5. The first kappa shape index (κ1) is 18.8. The van der Waals surface area contributed by atoms with Gasteiger partial charge in [-0.15, -0.1) is 0 Å². The van der Waals surface area contributed by atoms with Gasteiger partial charge >= 0.3 is 0 Å². The van der Waals surface area contributed by atoms with E-state index in [1.165, 1.54) is 0 Å². The average molecular weight is 395 g/mol. The average Bonchev–Trinajstić information content (AvgIpc) is 2.64. The number of nitrogens with one attached hydrogen (secondary N) is 1. The van der Waals surface area contributed by atoms with Gasteiger partial charge in [0, 0.05) is 11.6 Å². The number of benzene rings is 2. The molecular weight excluding hydrogens is 375 g/mol. The molecule has 1 aliphatic heterocycles. The molecule has 0 saturated carbocycles. The van der Waals surface area contributed by atoms with Gasteiger partial charge in [0.05, 0.1) is 16.8 Å². The zero-order chi connectivity index (χ0) is 18.7. The molecule has 2 atom stereocenters. The fraction of sp³-hybridized carbons (Fsp3) is 0.316. The van der Waals surface area contributed by atoms with E-state index in [0.717, 1.165) is 11.5 Å². The maximum Gasteiger partial charge on any atom is 0.241 e. The minimum absolute atomic E-state index is 0.153. The van der Waals surface area contributed by atoms with Crippen LogP contribution in [0.4, 0.5) is 5.69 Å². The van der Waals surface area contributed by atoms with E-state index >= 15 is 0 Å². The van der Waals surface area contributed by atoms with Crippen LogP contribution in [0.3, 0.4) is 0 Å². The number of nitrogens with zero attached hydrogens (tertiary/aromatic N) is 1. The quantitative estimate of drug-likeness (QED) is 0.829. The number of rotatable bonds is 5. The van der Waals surface area contributed by atoms with Gasteiger partial charge in [-0.2, -0.15) is 0 Å². The first-order valence-electron chi connectivity index (χ1n) is 8.28. The standard InChI is InChI=1S/C19H20Cl2N2O3/c1-12(19(24)22-16-9-13(20)7-8-15(16)21)23(2)10-14-11-25-17-5-3-4-6-18(17)26-14/h3-9,12,14H,10-11H2,1-2H3,(H,22,24)/t12-,14-/m1/s1. The first-order chi connectivity index (χ1) is 12.4. The second-order valence-electron chi connectivity index (χ2n) is 6.23. The van der Waals surface area contributed by atoms with Gasteiger partial charge in [-0.05, 0) is 44.3 Å². The monoisotopic (exact) mass is 394 g/mol. The summed E-state index contributed by atoms with van der Waals surface area (Å²) in [5, 5.41) is 3.77. The molecule has 0 bridgehead atoms. The van der Waals surface area contributed by atoms with Crippen LogP contribution in [0.1, 0.15) is 6.92 Å². The third-order valence-corrected chi connectivity index (χ3v) is 4.85. The highest BCUT2D eigenvalue weighted by Gasteiger charge is 2.26. The van der Waals surface area contributed by atoms with Crippen LogP contribution in [0.2, 0.25) is 10.0 Å². The maximum atomic E-state index is 12.5. The Kier molecular flexibility index (Phi) is 5.91. The summed E-state index contributed by atoms with van der Waals surface area (Å²) in [4.78, 5) is 14.4. The highest BCUT2D eigenvalue weighted by molar-refractivity contribution is 6.35. The minimum Gasteiger partial charge on any atom is -0.486 e. The third kappa shape index (κ3) is 4.41. The molecule has 0 aliphatic carbocycles. The Morgan fingerprint density at radius 1 is 1.27 bits per heavy atom. The molecule has 2 aromatic rings. The Bertz CT molecular complexity index is 800. The molecule has 1 heterocycles. The Labute approximate surface area is 162 Å². The summed E-state index contributed by atoms with van der Waals surface area (Å²) in [6, 6.07) is 12.1. The van der Waals surface area contributed by atoms with E-state index < -0.39 is 0 Å². The Morgan fingerprint density at radius 3 is 2.77 bits per heavy atom. The van der Waals surface area contributed by atoms with Crippen molar-refractivity contribution in [3.63, 3.8) is 0 Å². The molecular formula is C19H20Cl2N2O3. The molecule has 2 aromatic carbocycles. The zero-order valence-corrected chi connectivity index (χ0v) is 16.1. The molecule has 1 N–H and O–H groups in total. The van der Waals surface area contributed by atoms with Crippen LogP contribution < -0.4 is 14.8 Å². The van der Waals surface area contributed by atoms with Crippen LogP contribution in [0.5, 0.6) is 11.5 Å². The second-order valence-corrected chi connectivity index (χ2v) is 7.07. The Hall–Kier alpha value is -1.95. The summed E-state index contributed by atoms with van der Waals surface area (Å²) in [6.07, 6.45) is -0.153. The van der Waals surface area contributed by atoms with Crippen molar-refractivity contribution < 1.29 is 14.3 Å². The number of carbonyl (C=O) groups excluding carboxylic acids is 1. The summed E-state index contributed by atoms with van der Waals surface area (Å²) < 4.78 is 11.7. The fourth-order valence-electron chi connectivity index (χ4n) is 2.66. The van der Waals surface area contributed by atoms with Gasteiger partial charge in [0.15, 0.2) is 11.5 Å². The van der Waals surface area contributed by atoms with Gasteiger partial charge < -0.3 is 14.8 Å². The molecule has 3 rings (SSSR count). The highest BCUT2D eigenvalue weighted by Crippen LogP contribution is 2.31. The van der Waals surface area contributed by atoms with Crippen LogP contribution in [0, 0.1) is 0 Å². The van der Waals surface area contributed by atoms with Crippen LogP contribution >= 0.6 is 23.2 Å². The summed E-state index contributed by atoms with van der Waals surface area (Å²) in [5.74, 6) is 1.29. The van der Waals surface area contributed by atoms with Gasteiger partial charge in [0.1, 0.15) is 12.7 Å². The van der Waals surface area contributed by atoms with Crippen LogP contribution in [-0.4, -0.2) is 43.2 Å². The SMILES string of the molecule is C[C@H](C(=O)Nc1cc(Cl)ccc1Cl)N(C)C[C@@H]1COc2ccccc2O1. The Balaban J connectivity index is 1.58. The largest absolute Gasteiger partial charge is 0.486 e. The maximum absolute atomic E-state index is 12.5.